The molecule has 0 aliphatic carbocycles. The van der Waals surface area contributed by atoms with Crippen LogP contribution in [0.2, 0.25) is 0 Å². The number of nitrogens with zero attached hydrogens (tertiary/aromatic N) is 1. The first-order chi connectivity index (χ1) is 13.3. The molecule has 1 heterocycles. The average Bonchev–Trinajstić information content (AvgIpc) is 3.24. The molecule has 0 saturated heterocycles. The minimum Gasteiger partial charge on any atom is -0.494 e. The van der Waals surface area contributed by atoms with Crippen LogP contribution in [0.1, 0.15) is 6.92 Å². The van der Waals surface area contributed by atoms with Gasteiger partial charge in [0.15, 0.2) is 0 Å². The third kappa shape index (κ3) is 3.85. The third-order valence-electron chi connectivity index (χ3n) is 4.26. The van der Waals surface area contributed by atoms with Crippen LogP contribution >= 0.6 is 0 Å². The first kappa shape index (κ1) is 16.9. The fraction of sp³-hybridized carbons (Fsp3) is 0.0870. The SMILES string of the molecule is CCOc1ccc(-c2cc(Oc3ccccc3)ccc2-c2cn[nH]c2)cc1. The molecular weight excluding hydrogens is 336 g/mol. The van der Waals surface area contributed by atoms with Gasteiger partial charge in [-0.3, -0.25) is 5.10 Å². The molecule has 0 fully saturated rings. The lowest BCUT2D eigenvalue weighted by molar-refractivity contribution is 0.340. The highest BCUT2D eigenvalue weighted by atomic mass is 16.5. The van der Waals surface area contributed by atoms with E-state index < -0.39 is 0 Å². The summed E-state index contributed by atoms with van der Waals surface area (Å²) in [6.45, 7) is 2.63. The summed E-state index contributed by atoms with van der Waals surface area (Å²) in [5.74, 6) is 2.46. The van der Waals surface area contributed by atoms with E-state index in [1.54, 1.807) is 0 Å². The van der Waals surface area contributed by atoms with E-state index in [0.717, 1.165) is 39.5 Å². The van der Waals surface area contributed by atoms with Gasteiger partial charge >= 0.3 is 0 Å². The maximum atomic E-state index is 6.03. The Morgan fingerprint density at radius 1 is 0.778 bits per heavy atom. The minimum absolute atomic E-state index is 0.653. The zero-order valence-electron chi connectivity index (χ0n) is 15.1. The Kier molecular flexibility index (Phi) is 4.88. The second-order valence-corrected chi connectivity index (χ2v) is 6.07. The number of para-hydroxylation sites is 1. The molecule has 4 nitrogen and oxygen atoms in total. The molecule has 134 valence electrons. The maximum Gasteiger partial charge on any atom is 0.128 e. The van der Waals surface area contributed by atoms with Crippen molar-refractivity contribution in [3.63, 3.8) is 0 Å². The van der Waals surface area contributed by atoms with E-state index in [-0.39, 0.29) is 0 Å². The minimum atomic E-state index is 0.653. The molecule has 0 saturated carbocycles. The topological polar surface area (TPSA) is 47.1 Å². The van der Waals surface area contributed by atoms with Gasteiger partial charge in [-0.2, -0.15) is 5.10 Å². The van der Waals surface area contributed by atoms with Gasteiger partial charge < -0.3 is 9.47 Å². The molecule has 3 aromatic carbocycles. The molecule has 4 rings (SSSR count). The van der Waals surface area contributed by atoms with Crippen LogP contribution in [0.3, 0.4) is 0 Å². The predicted molar refractivity (Wildman–Crippen MR) is 107 cm³/mol. The van der Waals surface area contributed by atoms with E-state index in [1.165, 1.54) is 0 Å². The van der Waals surface area contributed by atoms with Crippen LogP contribution in [0.25, 0.3) is 22.3 Å². The summed E-state index contributed by atoms with van der Waals surface area (Å²) < 4.78 is 11.6. The maximum absolute atomic E-state index is 6.03. The third-order valence-corrected chi connectivity index (χ3v) is 4.26. The van der Waals surface area contributed by atoms with Crippen LogP contribution in [0, 0.1) is 0 Å². The highest BCUT2D eigenvalue weighted by Gasteiger charge is 2.11. The summed E-state index contributed by atoms with van der Waals surface area (Å²) in [7, 11) is 0. The zero-order chi connectivity index (χ0) is 18.5. The summed E-state index contributed by atoms with van der Waals surface area (Å²) in [6.07, 6.45) is 3.72. The van der Waals surface area contributed by atoms with Gasteiger partial charge in [-0.05, 0) is 66.1 Å². The van der Waals surface area contributed by atoms with Crippen molar-refractivity contribution < 1.29 is 9.47 Å². The van der Waals surface area contributed by atoms with Gasteiger partial charge in [0.25, 0.3) is 0 Å². The molecule has 27 heavy (non-hydrogen) atoms. The van der Waals surface area contributed by atoms with E-state index in [1.807, 2.05) is 67.8 Å². The number of H-pyrrole nitrogens is 1. The van der Waals surface area contributed by atoms with Crippen LogP contribution in [-0.2, 0) is 0 Å². The molecule has 0 radical (unpaired) electrons. The van der Waals surface area contributed by atoms with Gasteiger partial charge in [0.1, 0.15) is 17.2 Å². The smallest absolute Gasteiger partial charge is 0.128 e. The van der Waals surface area contributed by atoms with Crippen molar-refractivity contribution >= 4 is 0 Å². The number of hydrogen-bond acceptors (Lipinski definition) is 3. The molecule has 0 spiro atoms. The van der Waals surface area contributed by atoms with E-state index >= 15 is 0 Å². The average molecular weight is 356 g/mol. The number of benzene rings is 3. The molecule has 4 aromatic rings. The number of nitrogens with one attached hydrogen (secondary N) is 1. The van der Waals surface area contributed by atoms with E-state index in [2.05, 4.69) is 34.5 Å². The molecule has 0 bridgehead atoms. The molecular formula is C23H20N2O2. The summed E-state index contributed by atoms with van der Waals surface area (Å²) >= 11 is 0. The van der Waals surface area contributed by atoms with Gasteiger partial charge in [-0.1, -0.05) is 30.3 Å². The summed E-state index contributed by atoms with van der Waals surface area (Å²) in [5.41, 5.74) is 4.29. The molecule has 0 aliphatic rings. The fourth-order valence-electron chi connectivity index (χ4n) is 3.00. The van der Waals surface area contributed by atoms with Gasteiger partial charge in [-0.15, -0.1) is 0 Å². The highest BCUT2D eigenvalue weighted by Crippen LogP contribution is 2.36. The number of hydrogen-bond donors (Lipinski definition) is 1. The summed E-state index contributed by atoms with van der Waals surface area (Å²) in [6, 6.07) is 24.0. The van der Waals surface area contributed by atoms with Crippen LogP contribution < -0.4 is 9.47 Å². The number of ether oxygens (including phenoxy) is 2. The summed E-state index contributed by atoms with van der Waals surface area (Å²) in [5, 5.41) is 6.97. The molecule has 0 amide bonds. The number of aromatic nitrogens is 2. The van der Waals surface area contributed by atoms with Crippen molar-refractivity contribution in [2.45, 2.75) is 6.92 Å². The lowest BCUT2D eigenvalue weighted by atomic mass is 9.96. The fourth-order valence-corrected chi connectivity index (χ4v) is 3.00. The van der Waals surface area contributed by atoms with Crippen LogP contribution in [0.5, 0.6) is 17.2 Å². The standard InChI is InChI=1S/C23H20N2O2/c1-2-26-19-10-8-17(9-11-19)23-14-21(27-20-6-4-3-5-7-20)12-13-22(23)18-15-24-25-16-18/h3-16H,2H2,1H3,(H,24,25). The molecule has 4 heteroatoms. The molecule has 0 aliphatic heterocycles. The number of aromatic amines is 1. The molecule has 0 atom stereocenters. The van der Waals surface area contributed by atoms with E-state index in [9.17, 15) is 0 Å². The highest BCUT2D eigenvalue weighted by molar-refractivity contribution is 5.84. The summed E-state index contributed by atoms with van der Waals surface area (Å²) in [4.78, 5) is 0. The lowest BCUT2D eigenvalue weighted by Gasteiger charge is -2.13. The van der Waals surface area contributed by atoms with Gasteiger partial charge in [0.2, 0.25) is 0 Å². The molecule has 0 unspecified atom stereocenters. The Bertz CT molecular complexity index is 995. The van der Waals surface area contributed by atoms with Gasteiger partial charge in [-0.25, -0.2) is 0 Å². The quantitative estimate of drug-likeness (QED) is 0.465. The monoisotopic (exact) mass is 356 g/mol. The zero-order valence-corrected chi connectivity index (χ0v) is 15.1. The first-order valence-corrected chi connectivity index (χ1v) is 8.93. The van der Waals surface area contributed by atoms with Crippen LogP contribution in [0.4, 0.5) is 0 Å². The van der Waals surface area contributed by atoms with E-state index in [0.29, 0.717) is 6.61 Å². The van der Waals surface area contributed by atoms with E-state index in [4.69, 9.17) is 9.47 Å². The molecule has 1 aromatic heterocycles. The largest absolute Gasteiger partial charge is 0.494 e. The first-order valence-electron chi connectivity index (χ1n) is 8.93. The number of rotatable bonds is 6. The van der Waals surface area contributed by atoms with Crippen molar-refractivity contribution in [2.75, 3.05) is 6.61 Å². The Morgan fingerprint density at radius 2 is 1.56 bits per heavy atom. The molecule has 1 N–H and O–H groups in total. The van der Waals surface area contributed by atoms with Crippen molar-refractivity contribution in [3.05, 3.63) is 85.2 Å². The Labute approximate surface area is 158 Å². The van der Waals surface area contributed by atoms with Crippen molar-refractivity contribution in [3.8, 4) is 39.5 Å². The Hall–Kier alpha value is -3.53. The van der Waals surface area contributed by atoms with Crippen LogP contribution in [0.15, 0.2) is 85.2 Å². The Balaban J connectivity index is 1.74. The predicted octanol–water partition coefficient (Wildman–Crippen LogP) is 5.93. The lowest BCUT2D eigenvalue weighted by Crippen LogP contribution is -1.91. The van der Waals surface area contributed by atoms with Gasteiger partial charge in [0, 0.05) is 11.8 Å². The van der Waals surface area contributed by atoms with Crippen molar-refractivity contribution in [1.29, 1.82) is 0 Å². The second-order valence-electron chi connectivity index (χ2n) is 6.07. The Morgan fingerprint density at radius 3 is 2.26 bits per heavy atom. The normalized spacial score (nSPS) is 10.6. The van der Waals surface area contributed by atoms with Crippen LogP contribution in [-0.4, -0.2) is 16.8 Å². The van der Waals surface area contributed by atoms with Crippen molar-refractivity contribution in [2.24, 2.45) is 0 Å². The van der Waals surface area contributed by atoms with Gasteiger partial charge in [0.05, 0.1) is 12.8 Å². The van der Waals surface area contributed by atoms with Crippen molar-refractivity contribution in [1.82, 2.24) is 10.2 Å². The second kappa shape index (κ2) is 7.79.